The number of fused-ring (bicyclic) bond motifs is 4. The summed E-state index contributed by atoms with van der Waals surface area (Å²) in [5, 5.41) is 8.93. The minimum atomic E-state index is -0.940. The summed E-state index contributed by atoms with van der Waals surface area (Å²) in [6.45, 7) is 6.65. The second kappa shape index (κ2) is 8.40. The third-order valence-electron chi connectivity index (χ3n) is 5.70. The summed E-state index contributed by atoms with van der Waals surface area (Å²) in [6.07, 6.45) is 3.05. The quantitative estimate of drug-likeness (QED) is 0.731. The number of carboxylic acids is 1. The number of ether oxygens (including phenoxy) is 1. The van der Waals surface area contributed by atoms with Crippen molar-refractivity contribution < 1.29 is 19.4 Å². The van der Waals surface area contributed by atoms with E-state index in [1.54, 1.807) is 7.11 Å². The monoisotopic (exact) mass is 394 g/mol. The summed E-state index contributed by atoms with van der Waals surface area (Å²) in [5.74, 6) is -0.0683. The topological polar surface area (TPSA) is 63.6 Å². The van der Waals surface area contributed by atoms with Gasteiger partial charge in [-0.15, -0.1) is 0 Å². The van der Waals surface area contributed by atoms with E-state index in [1.165, 1.54) is 16.7 Å². The normalized spacial score (nSPS) is 13.7. The van der Waals surface area contributed by atoms with Crippen LogP contribution in [0.4, 0.5) is 0 Å². The first kappa shape index (κ1) is 21.1. The van der Waals surface area contributed by atoms with Gasteiger partial charge in [-0.3, -0.25) is 9.59 Å². The van der Waals surface area contributed by atoms with Crippen LogP contribution in [0, 0.1) is 0 Å². The van der Waals surface area contributed by atoms with Crippen LogP contribution < -0.4 is 4.74 Å². The maximum Gasteiger partial charge on any atom is 0.303 e. The number of Topliss-reactive ketones (excluding diaryl/α,β-unsaturated/α-hetero) is 1. The van der Waals surface area contributed by atoms with Crippen molar-refractivity contribution in [1.29, 1.82) is 0 Å². The smallest absolute Gasteiger partial charge is 0.303 e. The van der Waals surface area contributed by atoms with E-state index in [2.05, 4.69) is 39.0 Å². The van der Waals surface area contributed by atoms with Crippen molar-refractivity contribution in [1.82, 2.24) is 0 Å². The molecular formula is C25H30O4. The number of carboxylic acid groups (broad SMARTS) is 1. The molecule has 4 heteroatoms. The Hall–Kier alpha value is -2.62. The van der Waals surface area contributed by atoms with Gasteiger partial charge in [0.15, 0.2) is 5.78 Å². The lowest BCUT2D eigenvalue weighted by Crippen LogP contribution is -2.13. The maximum absolute atomic E-state index is 12.7. The minimum absolute atomic E-state index is 0.0387. The highest BCUT2D eigenvalue weighted by atomic mass is 16.5. The molecule has 4 nitrogen and oxygen atoms in total. The van der Waals surface area contributed by atoms with Gasteiger partial charge in [0.05, 0.1) is 13.5 Å². The molecule has 2 aliphatic carbocycles. The van der Waals surface area contributed by atoms with Crippen LogP contribution in [0.5, 0.6) is 5.75 Å². The standard InChI is InChI=1S/C25H30O4/c1-25(2,3)20-14-18-8-6-16-5-7-17(9-10-19(15-20)24(18)29-4)21(13-16)22(26)11-12-23(27)28/h5,7,13-15H,6,8-12H2,1-4H3,(H,27,28). The highest BCUT2D eigenvalue weighted by molar-refractivity contribution is 5.99. The number of benzene rings is 2. The molecule has 0 saturated carbocycles. The molecule has 4 bridgehead atoms. The van der Waals surface area contributed by atoms with Crippen molar-refractivity contribution in [3.05, 3.63) is 63.7 Å². The Balaban J connectivity index is 2.02. The Kier molecular flexibility index (Phi) is 6.11. The lowest BCUT2D eigenvalue weighted by molar-refractivity contribution is -0.136. The number of hydrogen-bond donors (Lipinski definition) is 1. The molecule has 2 aliphatic rings. The number of hydrogen-bond acceptors (Lipinski definition) is 3. The molecule has 29 heavy (non-hydrogen) atoms. The van der Waals surface area contributed by atoms with Gasteiger partial charge in [-0.2, -0.15) is 0 Å². The Labute approximate surface area is 172 Å². The van der Waals surface area contributed by atoms with E-state index >= 15 is 0 Å². The van der Waals surface area contributed by atoms with Gasteiger partial charge in [-0.25, -0.2) is 0 Å². The highest BCUT2D eigenvalue weighted by Crippen LogP contribution is 2.34. The number of methoxy groups -OCH3 is 1. The zero-order valence-electron chi connectivity index (χ0n) is 17.8. The van der Waals surface area contributed by atoms with Crippen LogP contribution in [0.15, 0.2) is 30.3 Å². The van der Waals surface area contributed by atoms with E-state index in [0.29, 0.717) is 5.56 Å². The molecule has 0 aromatic heterocycles. The zero-order valence-corrected chi connectivity index (χ0v) is 17.8. The fourth-order valence-corrected chi connectivity index (χ4v) is 3.98. The third-order valence-corrected chi connectivity index (χ3v) is 5.70. The number of carbonyl (C=O) groups excluding carboxylic acids is 1. The van der Waals surface area contributed by atoms with Crippen LogP contribution in [-0.4, -0.2) is 24.0 Å². The Morgan fingerprint density at radius 2 is 1.55 bits per heavy atom. The van der Waals surface area contributed by atoms with Gasteiger partial charge >= 0.3 is 5.97 Å². The van der Waals surface area contributed by atoms with Gasteiger partial charge in [0.1, 0.15) is 5.75 Å². The summed E-state index contributed by atoms with van der Waals surface area (Å²) >= 11 is 0. The molecule has 0 saturated heterocycles. The van der Waals surface area contributed by atoms with Crippen LogP contribution in [0.3, 0.4) is 0 Å². The van der Waals surface area contributed by atoms with Gasteiger partial charge in [-0.05, 0) is 65.0 Å². The van der Waals surface area contributed by atoms with Gasteiger partial charge in [0.25, 0.3) is 0 Å². The maximum atomic E-state index is 12.7. The number of ketones is 1. The first-order chi connectivity index (χ1) is 13.7. The molecule has 0 radical (unpaired) electrons. The Morgan fingerprint density at radius 3 is 2.14 bits per heavy atom. The molecule has 154 valence electrons. The highest BCUT2D eigenvalue weighted by Gasteiger charge is 2.21. The second-order valence-corrected chi connectivity index (χ2v) is 8.89. The fourth-order valence-electron chi connectivity index (χ4n) is 3.98. The number of aliphatic carboxylic acids is 1. The van der Waals surface area contributed by atoms with Gasteiger partial charge in [0, 0.05) is 12.0 Å². The first-order valence-electron chi connectivity index (χ1n) is 10.3. The van der Waals surface area contributed by atoms with Crippen molar-refractivity contribution in [2.45, 2.75) is 64.7 Å². The lowest BCUT2D eigenvalue weighted by Gasteiger charge is -2.23. The van der Waals surface area contributed by atoms with E-state index in [4.69, 9.17) is 9.84 Å². The molecule has 0 aliphatic heterocycles. The predicted molar refractivity (Wildman–Crippen MR) is 114 cm³/mol. The molecule has 2 aromatic rings. The lowest BCUT2D eigenvalue weighted by atomic mass is 9.83. The average Bonchev–Trinajstić information content (AvgIpc) is 2.69. The summed E-state index contributed by atoms with van der Waals surface area (Å²) in [5.41, 5.74) is 6.47. The van der Waals surface area contributed by atoms with E-state index in [9.17, 15) is 9.59 Å². The average molecular weight is 395 g/mol. The largest absolute Gasteiger partial charge is 0.496 e. The molecule has 0 amide bonds. The second-order valence-electron chi connectivity index (χ2n) is 8.89. The van der Waals surface area contributed by atoms with Gasteiger partial charge in [-0.1, -0.05) is 45.0 Å². The SMILES string of the molecule is COc1c2cc(C(C)(C)C)cc1CCc1ccc(cc1C(=O)CCC(=O)O)CC2. The van der Waals surface area contributed by atoms with Crippen LogP contribution in [0.2, 0.25) is 0 Å². The molecule has 0 spiro atoms. The van der Waals surface area contributed by atoms with E-state index < -0.39 is 5.97 Å². The predicted octanol–water partition coefficient (Wildman–Crippen LogP) is 4.92. The van der Waals surface area contributed by atoms with Crippen molar-refractivity contribution in [3.63, 3.8) is 0 Å². The van der Waals surface area contributed by atoms with Crippen LogP contribution >= 0.6 is 0 Å². The van der Waals surface area contributed by atoms with Crippen molar-refractivity contribution in [2.24, 2.45) is 0 Å². The van der Waals surface area contributed by atoms with E-state index in [-0.39, 0.29) is 24.0 Å². The molecule has 2 aromatic carbocycles. The van der Waals surface area contributed by atoms with Crippen LogP contribution in [0.1, 0.15) is 71.8 Å². The summed E-state index contributed by atoms with van der Waals surface area (Å²) in [6, 6.07) is 10.6. The van der Waals surface area contributed by atoms with Gasteiger partial charge in [0.2, 0.25) is 0 Å². The molecule has 0 atom stereocenters. The van der Waals surface area contributed by atoms with Crippen molar-refractivity contribution in [3.8, 4) is 5.75 Å². The zero-order chi connectivity index (χ0) is 21.2. The van der Waals surface area contributed by atoms with Crippen LogP contribution in [-0.2, 0) is 35.9 Å². The van der Waals surface area contributed by atoms with E-state index in [0.717, 1.165) is 42.6 Å². The molecule has 0 unspecified atom stereocenters. The molecule has 1 N–H and O–H groups in total. The first-order valence-corrected chi connectivity index (χ1v) is 10.3. The summed E-state index contributed by atoms with van der Waals surface area (Å²) < 4.78 is 5.80. The van der Waals surface area contributed by atoms with Crippen LogP contribution in [0.25, 0.3) is 0 Å². The van der Waals surface area contributed by atoms with Crippen molar-refractivity contribution in [2.75, 3.05) is 7.11 Å². The number of carbonyl (C=O) groups is 2. The van der Waals surface area contributed by atoms with Crippen molar-refractivity contribution >= 4 is 11.8 Å². The van der Waals surface area contributed by atoms with Gasteiger partial charge < -0.3 is 9.84 Å². The Morgan fingerprint density at radius 1 is 0.931 bits per heavy atom. The molecule has 0 heterocycles. The molecular weight excluding hydrogens is 364 g/mol. The minimum Gasteiger partial charge on any atom is -0.496 e. The third kappa shape index (κ3) is 4.87. The van der Waals surface area contributed by atoms with E-state index in [1.807, 2.05) is 12.1 Å². The summed E-state index contributed by atoms with van der Waals surface area (Å²) in [4.78, 5) is 23.6. The summed E-state index contributed by atoms with van der Waals surface area (Å²) in [7, 11) is 1.73. The Bertz CT molecular complexity index is 935. The number of aryl methyl sites for hydroxylation is 4. The number of rotatable bonds is 5. The fraction of sp³-hybridized carbons (Fsp3) is 0.440. The molecule has 4 rings (SSSR count). The molecule has 0 fully saturated rings.